The van der Waals surface area contributed by atoms with Crippen LogP contribution in [0.2, 0.25) is 5.02 Å². The number of aromatic nitrogens is 5. The van der Waals surface area contributed by atoms with Crippen LogP contribution >= 0.6 is 11.6 Å². The van der Waals surface area contributed by atoms with E-state index >= 15 is 0 Å². The van der Waals surface area contributed by atoms with E-state index in [9.17, 15) is 4.79 Å². The van der Waals surface area contributed by atoms with Gasteiger partial charge in [0.25, 0.3) is 5.56 Å². The van der Waals surface area contributed by atoms with Crippen LogP contribution in [0.1, 0.15) is 13.3 Å². The third kappa shape index (κ3) is 3.83. The number of ether oxygens (including phenoxy) is 1. The van der Waals surface area contributed by atoms with Crippen LogP contribution in [0.25, 0.3) is 33.4 Å². The molecule has 1 aliphatic heterocycles. The van der Waals surface area contributed by atoms with Crippen molar-refractivity contribution in [2.75, 3.05) is 18.5 Å². The number of hydrogen-bond acceptors (Lipinski definition) is 7. The molecule has 1 unspecified atom stereocenters. The Kier molecular flexibility index (Phi) is 5.55. The highest BCUT2D eigenvalue weighted by molar-refractivity contribution is 6.33. The van der Waals surface area contributed by atoms with Crippen molar-refractivity contribution < 1.29 is 4.74 Å². The van der Waals surface area contributed by atoms with Crippen LogP contribution < -0.4 is 10.9 Å². The van der Waals surface area contributed by atoms with Gasteiger partial charge in [-0.05, 0) is 25.5 Å². The van der Waals surface area contributed by atoms with E-state index in [0.29, 0.717) is 46.6 Å². The van der Waals surface area contributed by atoms with Crippen molar-refractivity contribution in [2.45, 2.75) is 25.9 Å². The van der Waals surface area contributed by atoms with Crippen molar-refractivity contribution in [2.24, 2.45) is 0 Å². The molecule has 0 amide bonds. The van der Waals surface area contributed by atoms with Gasteiger partial charge >= 0.3 is 0 Å². The van der Waals surface area contributed by atoms with Gasteiger partial charge in [-0.2, -0.15) is 4.98 Å². The minimum Gasteiger partial charge on any atom is -0.379 e. The summed E-state index contributed by atoms with van der Waals surface area (Å²) in [6.45, 7) is 3.75. The van der Waals surface area contributed by atoms with Crippen LogP contribution in [0.5, 0.6) is 0 Å². The number of pyridine rings is 1. The third-order valence-electron chi connectivity index (χ3n) is 5.52. The third-order valence-corrected chi connectivity index (χ3v) is 5.84. The van der Waals surface area contributed by atoms with Gasteiger partial charge in [0.1, 0.15) is 5.65 Å². The summed E-state index contributed by atoms with van der Waals surface area (Å²) in [4.78, 5) is 30.8. The highest BCUT2D eigenvalue weighted by atomic mass is 35.5. The standard InChI is InChI=1S/C23H21ClN6O2/c1-2-30-21-15(11-27-23(29-21)28-16-5-8-32-13-16)9-18(22(30)31)17-4-3-14(10-19(17)24)20-12-25-6-7-26-20/h3-4,6-7,9-12,16H,2,5,8,13H2,1H3,(H,27,28,29). The first-order valence-corrected chi connectivity index (χ1v) is 10.8. The molecule has 0 spiro atoms. The summed E-state index contributed by atoms with van der Waals surface area (Å²) in [5, 5.41) is 4.52. The molecule has 4 heterocycles. The Balaban J connectivity index is 1.57. The van der Waals surface area contributed by atoms with E-state index in [4.69, 9.17) is 16.3 Å². The van der Waals surface area contributed by atoms with Gasteiger partial charge in [-0.3, -0.25) is 19.3 Å². The molecular weight excluding hydrogens is 428 g/mol. The van der Waals surface area contributed by atoms with E-state index in [1.807, 2.05) is 19.1 Å². The Morgan fingerprint density at radius 2 is 2.09 bits per heavy atom. The first-order valence-electron chi connectivity index (χ1n) is 10.4. The molecule has 3 aromatic heterocycles. The summed E-state index contributed by atoms with van der Waals surface area (Å²) in [7, 11) is 0. The summed E-state index contributed by atoms with van der Waals surface area (Å²) < 4.78 is 7.05. The minimum atomic E-state index is -0.150. The van der Waals surface area contributed by atoms with Gasteiger partial charge in [0.15, 0.2) is 0 Å². The number of hydrogen-bond donors (Lipinski definition) is 1. The molecule has 5 rings (SSSR count). The van der Waals surface area contributed by atoms with Gasteiger partial charge in [-0.25, -0.2) is 4.98 Å². The summed E-state index contributed by atoms with van der Waals surface area (Å²) in [5.74, 6) is 0.494. The lowest BCUT2D eigenvalue weighted by Gasteiger charge is -2.14. The fourth-order valence-corrected chi connectivity index (χ4v) is 4.17. The SMILES string of the molecule is CCn1c(=O)c(-c2ccc(-c3cnccn3)cc2Cl)cc2cnc(NC3CCOC3)nc21. The highest BCUT2D eigenvalue weighted by Gasteiger charge is 2.18. The second-order valence-electron chi connectivity index (χ2n) is 7.57. The van der Waals surface area contributed by atoms with Crippen LogP contribution in [0.3, 0.4) is 0 Å². The first-order chi connectivity index (χ1) is 15.6. The fraction of sp³-hybridized carbons (Fsp3) is 0.261. The molecule has 162 valence electrons. The van der Waals surface area contributed by atoms with Gasteiger partial charge < -0.3 is 10.1 Å². The van der Waals surface area contributed by atoms with Crippen LogP contribution in [0.15, 0.2) is 53.8 Å². The van der Waals surface area contributed by atoms with E-state index in [-0.39, 0.29) is 11.6 Å². The smallest absolute Gasteiger partial charge is 0.260 e. The molecular formula is C23H21ClN6O2. The maximum absolute atomic E-state index is 13.4. The number of fused-ring (bicyclic) bond motifs is 1. The molecule has 4 aromatic rings. The molecule has 1 aliphatic rings. The molecule has 8 nitrogen and oxygen atoms in total. The van der Waals surface area contributed by atoms with E-state index < -0.39 is 0 Å². The zero-order valence-corrected chi connectivity index (χ0v) is 18.2. The monoisotopic (exact) mass is 448 g/mol. The second kappa shape index (κ2) is 8.64. The first kappa shape index (κ1) is 20.5. The van der Waals surface area contributed by atoms with Gasteiger partial charge in [0.2, 0.25) is 5.95 Å². The number of nitrogens with zero attached hydrogens (tertiary/aromatic N) is 5. The maximum Gasteiger partial charge on any atom is 0.260 e. The molecule has 1 aromatic carbocycles. The molecule has 32 heavy (non-hydrogen) atoms. The average Bonchev–Trinajstić information content (AvgIpc) is 3.33. The molecule has 0 radical (unpaired) electrons. The van der Waals surface area contributed by atoms with Gasteiger partial charge in [0.05, 0.1) is 24.5 Å². The Bertz CT molecular complexity index is 1340. The van der Waals surface area contributed by atoms with Crippen LogP contribution in [0.4, 0.5) is 5.95 Å². The van der Waals surface area contributed by atoms with Crippen LogP contribution in [0, 0.1) is 0 Å². The molecule has 1 saturated heterocycles. The van der Waals surface area contributed by atoms with E-state index in [1.54, 1.807) is 41.5 Å². The van der Waals surface area contributed by atoms with E-state index in [1.165, 1.54) is 0 Å². The fourth-order valence-electron chi connectivity index (χ4n) is 3.89. The summed E-state index contributed by atoms with van der Waals surface area (Å²) in [6, 6.07) is 7.51. The second-order valence-corrected chi connectivity index (χ2v) is 7.98. The highest BCUT2D eigenvalue weighted by Crippen LogP contribution is 2.31. The van der Waals surface area contributed by atoms with Crippen LogP contribution in [-0.4, -0.2) is 43.8 Å². The number of aryl methyl sites for hydroxylation is 1. The van der Waals surface area contributed by atoms with Crippen molar-refractivity contribution in [3.8, 4) is 22.4 Å². The molecule has 0 saturated carbocycles. The lowest BCUT2D eigenvalue weighted by atomic mass is 10.0. The topological polar surface area (TPSA) is 94.8 Å². The normalized spacial score (nSPS) is 15.9. The molecule has 1 fully saturated rings. The minimum absolute atomic E-state index is 0.150. The largest absolute Gasteiger partial charge is 0.379 e. The van der Waals surface area contributed by atoms with Gasteiger partial charge in [-0.1, -0.05) is 23.7 Å². The molecule has 9 heteroatoms. The predicted molar refractivity (Wildman–Crippen MR) is 124 cm³/mol. The molecule has 0 aliphatic carbocycles. The maximum atomic E-state index is 13.4. The summed E-state index contributed by atoms with van der Waals surface area (Å²) in [6.07, 6.45) is 7.56. The summed E-state index contributed by atoms with van der Waals surface area (Å²) in [5.41, 5.74) is 3.14. The average molecular weight is 449 g/mol. The van der Waals surface area contributed by atoms with Gasteiger partial charge in [0, 0.05) is 58.8 Å². The lowest BCUT2D eigenvalue weighted by molar-refractivity contribution is 0.195. The van der Waals surface area contributed by atoms with E-state index in [0.717, 1.165) is 24.0 Å². The predicted octanol–water partition coefficient (Wildman–Crippen LogP) is 3.79. The van der Waals surface area contributed by atoms with Crippen molar-refractivity contribution in [3.63, 3.8) is 0 Å². The Morgan fingerprint density at radius 3 is 2.81 bits per heavy atom. The number of rotatable bonds is 5. The molecule has 1 N–H and O–H groups in total. The Hall–Kier alpha value is -3.36. The number of anilines is 1. The number of nitrogens with one attached hydrogen (secondary N) is 1. The molecule has 0 bridgehead atoms. The number of benzene rings is 1. The van der Waals surface area contributed by atoms with Crippen molar-refractivity contribution in [1.82, 2.24) is 24.5 Å². The number of halogens is 1. The molecule has 1 atom stereocenters. The van der Waals surface area contributed by atoms with Crippen molar-refractivity contribution in [1.29, 1.82) is 0 Å². The van der Waals surface area contributed by atoms with Crippen molar-refractivity contribution >= 4 is 28.6 Å². The zero-order chi connectivity index (χ0) is 22.1. The van der Waals surface area contributed by atoms with E-state index in [2.05, 4.69) is 25.3 Å². The summed E-state index contributed by atoms with van der Waals surface area (Å²) >= 11 is 6.60. The van der Waals surface area contributed by atoms with Crippen molar-refractivity contribution in [3.05, 3.63) is 64.4 Å². The van der Waals surface area contributed by atoms with Gasteiger partial charge in [-0.15, -0.1) is 0 Å². The Labute approximate surface area is 189 Å². The zero-order valence-electron chi connectivity index (χ0n) is 17.5. The quantitative estimate of drug-likeness (QED) is 0.496. The Morgan fingerprint density at radius 1 is 1.19 bits per heavy atom. The lowest BCUT2D eigenvalue weighted by Crippen LogP contribution is -2.24. The van der Waals surface area contributed by atoms with Crippen LogP contribution in [-0.2, 0) is 11.3 Å².